The summed E-state index contributed by atoms with van der Waals surface area (Å²) in [5, 5.41) is 21.6. The minimum Gasteiger partial charge on any atom is -0.373 e. The monoisotopic (exact) mass is 287 g/mol. The number of aromatic amines is 1. The highest BCUT2D eigenvalue weighted by Crippen LogP contribution is 2.25. The maximum atomic E-state index is 9.21. The van der Waals surface area contributed by atoms with Crippen LogP contribution in [0.5, 0.6) is 0 Å². The minimum atomic E-state index is -0.158. The van der Waals surface area contributed by atoms with Gasteiger partial charge in [0.2, 0.25) is 0 Å². The molecule has 0 fully saturated rings. The zero-order chi connectivity index (χ0) is 15.5. The average molecular weight is 287 g/mol. The molecule has 5 heteroatoms. The third-order valence-electron chi connectivity index (χ3n) is 3.48. The van der Waals surface area contributed by atoms with E-state index in [0.717, 1.165) is 16.9 Å². The molecule has 22 heavy (non-hydrogen) atoms. The quantitative estimate of drug-likeness (QED) is 0.771. The van der Waals surface area contributed by atoms with Crippen LogP contribution < -0.4 is 5.32 Å². The van der Waals surface area contributed by atoms with Gasteiger partial charge in [-0.25, -0.2) is 4.98 Å². The molecule has 0 amide bonds. The molecule has 0 saturated carbocycles. The van der Waals surface area contributed by atoms with Crippen LogP contribution >= 0.6 is 0 Å². The van der Waals surface area contributed by atoms with Gasteiger partial charge in [-0.1, -0.05) is 18.2 Å². The first-order valence-corrected chi connectivity index (χ1v) is 6.87. The molecular formula is C17H13N5. The first-order chi connectivity index (χ1) is 10.7. The molecule has 1 heterocycles. The number of nitrogens with one attached hydrogen (secondary N) is 2. The summed E-state index contributed by atoms with van der Waals surface area (Å²) < 4.78 is 0. The summed E-state index contributed by atoms with van der Waals surface area (Å²) in [5.74, 6) is 0.762. The van der Waals surface area contributed by atoms with Crippen LogP contribution in [0.2, 0.25) is 0 Å². The molecule has 106 valence electrons. The SMILES string of the molecule is CC(Nc1c(C#N)cccc1C#N)c1nc2ccccc2[nH]1. The second-order valence-corrected chi connectivity index (χ2v) is 4.96. The fourth-order valence-corrected chi connectivity index (χ4v) is 2.36. The largest absolute Gasteiger partial charge is 0.373 e. The molecule has 0 aliphatic carbocycles. The summed E-state index contributed by atoms with van der Waals surface area (Å²) in [6, 6.07) is 16.9. The molecule has 2 N–H and O–H groups in total. The lowest BCUT2D eigenvalue weighted by atomic mass is 10.1. The van der Waals surface area contributed by atoms with Crippen LogP contribution in [0.1, 0.15) is 29.9 Å². The molecule has 3 rings (SSSR count). The van der Waals surface area contributed by atoms with Gasteiger partial charge in [0.1, 0.15) is 18.0 Å². The molecule has 3 aromatic rings. The van der Waals surface area contributed by atoms with Gasteiger partial charge >= 0.3 is 0 Å². The van der Waals surface area contributed by atoms with E-state index in [9.17, 15) is 10.5 Å². The lowest BCUT2D eigenvalue weighted by Gasteiger charge is -2.15. The van der Waals surface area contributed by atoms with Crippen LogP contribution in [0.4, 0.5) is 5.69 Å². The molecule has 0 aliphatic rings. The van der Waals surface area contributed by atoms with Crippen LogP contribution in [0, 0.1) is 22.7 Å². The van der Waals surface area contributed by atoms with E-state index in [4.69, 9.17) is 0 Å². The number of anilines is 1. The smallest absolute Gasteiger partial charge is 0.129 e. The topological polar surface area (TPSA) is 88.3 Å². The standard InChI is InChI=1S/C17H13N5/c1-11(17-21-14-7-2-3-8-15(14)22-17)20-16-12(9-18)5-4-6-13(16)10-19/h2-8,11,20H,1H3,(H,21,22). The van der Waals surface area contributed by atoms with Gasteiger partial charge < -0.3 is 10.3 Å². The number of rotatable bonds is 3. The molecule has 0 radical (unpaired) electrons. The molecule has 0 saturated heterocycles. The van der Waals surface area contributed by atoms with Crippen molar-refractivity contribution in [1.82, 2.24) is 9.97 Å². The molecule has 2 aromatic carbocycles. The number of imidazole rings is 1. The van der Waals surface area contributed by atoms with Crippen molar-refractivity contribution in [3.05, 3.63) is 59.4 Å². The Morgan fingerprint density at radius 2 is 1.73 bits per heavy atom. The minimum absolute atomic E-state index is 0.158. The van der Waals surface area contributed by atoms with Crippen molar-refractivity contribution in [3.63, 3.8) is 0 Å². The number of para-hydroxylation sites is 3. The van der Waals surface area contributed by atoms with Crippen molar-refractivity contribution in [2.45, 2.75) is 13.0 Å². The lowest BCUT2D eigenvalue weighted by molar-refractivity contribution is 0.814. The van der Waals surface area contributed by atoms with Gasteiger partial charge in [-0.15, -0.1) is 0 Å². The number of benzene rings is 2. The molecule has 1 atom stereocenters. The van der Waals surface area contributed by atoms with Gasteiger partial charge in [0.15, 0.2) is 0 Å². The van der Waals surface area contributed by atoms with Gasteiger partial charge in [-0.2, -0.15) is 10.5 Å². The van der Waals surface area contributed by atoms with E-state index in [1.807, 2.05) is 31.2 Å². The highest BCUT2D eigenvalue weighted by atomic mass is 15.0. The maximum Gasteiger partial charge on any atom is 0.129 e. The summed E-state index contributed by atoms with van der Waals surface area (Å²) in [4.78, 5) is 7.79. The predicted octanol–water partition coefficient (Wildman–Crippen LogP) is 3.48. The zero-order valence-electron chi connectivity index (χ0n) is 12.0. The average Bonchev–Trinajstić information content (AvgIpc) is 2.99. The molecule has 0 bridgehead atoms. The van der Waals surface area contributed by atoms with Crippen molar-refractivity contribution < 1.29 is 0 Å². The van der Waals surface area contributed by atoms with Crippen molar-refractivity contribution in [1.29, 1.82) is 10.5 Å². The summed E-state index contributed by atoms with van der Waals surface area (Å²) in [7, 11) is 0. The Morgan fingerprint density at radius 1 is 1.05 bits per heavy atom. The van der Waals surface area contributed by atoms with Gasteiger partial charge in [0.25, 0.3) is 0 Å². The Hall–Kier alpha value is -3.31. The fraction of sp³-hybridized carbons (Fsp3) is 0.118. The molecule has 0 spiro atoms. The van der Waals surface area contributed by atoms with E-state index < -0.39 is 0 Å². The van der Waals surface area contributed by atoms with E-state index in [0.29, 0.717) is 16.8 Å². The van der Waals surface area contributed by atoms with Crippen LogP contribution in [0.15, 0.2) is 42.5 Å². The van der Waals surface area contributed by atoms with Gasteiger partial charge in [-0.05, 0) is 31.2 Å². The zero-order valence-corrected chi connectivity index (χ0v) is 12.0. The highest BCUT2D eigenvalue weighted by molar-refractivity contribution is 5.75. The molecular weight excluding hydrogens is 274 g/mol. The van der Waals surface area contributed by atoms with Crippen molar-refractivity contribution in [3.8, 4) is 12.1 Å². The van der Waals surface area contributed by atoms with Crippen molar-refractivity contribution in [2.75, 3.05) is 5.32 Å². The lowest BCUT2D eigenvalue weighted by Crippen LogP contribution is -2.10. The van der Waals surface area contributed by atoms with E-state index in [2.05, 4.69) is 27.4 Å². The van der Waals surface area contributed by atoms with Crippen LogP contribution in [-0.2, 0) is 0 Å². The van der Waals surface area contributed by atoms with Gasteiger partial charge in [0, 0.05) is 0 Å². The first kappa shape index (κ1) is 13.7. The van der Waals surface area contributed by atoms with E-state index in [1.54, 1.807) is 18.2 Å². The molecule has 1 unspecified atom stereocenters. The van der Waals surface area contributed by atoms with Crippen LogP contribution in [0.3, 0.4) is 0 Å². The Kier molecular flexibility index (Phi) is 3.47. The number of nitrogens with zero attached hydrogens (tertiary/aromatic N) is 3. The highest BCUT2D eigenvalue weighted by Gasteiger charge is 2.15. The van der Waals surface area contributed by atoms with E-state index >= 15 is 0 Å². The predicted molar refractivity (Wildman–Crippen MR) is 84.0 cm³/mol. The Morgan fingerprint density at radius 3 is 2.36 bits per heavy atom. The Labute approximate surface area is 127 Å². The molecule has 1 aromatic heterocycles. The molecule has 0 aliphatic heterocycles. The van der Waals surface area contributed by atoms with Crippen LogP contribution in [0.25, 0.3) is 11.0 Å². The number of hydrogen-bond acceptors (Lipinski definition) is 4. The second-order valence-electron chi connectivity index (χ2n) is 4.96. The summed E-state index contributed by atoms with van der Waals surface area (Å²) in [6.07, 6.45) is 0. The van der Waals surface area contributed by atoms with Gasteiger partial charge in [0.05, 0.1) is 33.9 Å². The molecule has 5 nitrogen and oxygen atoms in total. The van der Waals surface area contributed by atoms with Crippen LogP contribution in [-0.4, -0.2) is 9.97 Å². The second kappa shape index (κ2) is 5.59. The van der Waals surface area contributed by atoms with Gasteiger partial charge in [-0.3, -0.25) is 0 Å². The third kappa shape index (κ3) is 2.36. The summed E-state index contributed by atoms with van der Waals surface area (Å²) in [5.41, 5.74) is 3.28. The van der Waals surface area contributed by atoms with Crippen molar-refractivity contribution >= 4 is 16.7 Å². The number of hydrogen-bond donors (Lipinski definition) is 2. The fourth-order valence-electron chi connectivity index (χ4n) is 2.36. The normalized spacial score (nSPS) is 11.6. The van der Waals surface area contributed by atoms with E-state index in [-0.39, 0.29) is 6.04 Å². The van der Waals surface area contributed by atoms with Crippen molar-refractivity contribution in [2.24, 2.45) is 0 Å². The van der Waals surface area contributed by atoms with E-state index in [1.165, 1.54) is 0 Å². The Balaban J connectivity index is 1.96. The number of H-pyrrole nitrogens is 1. The number of fused-ring (bicyclic) bond motifs is 1. The maximum absolute atomic E-state index is 9.21. The summed E-state index contributed by atoms with van der Waals surface area (Å²) in [6.45, 7) is 1.94. The third-order valence-corrected chi connectivity index (χ3v) is 3.48. The number of nitriles is 2. The Bertz CT molecular complexity index is 845. The summed E-state index contributed by atoms with van der Waals surface area (Å²) >= 11 is 0. The first-order valence-electron chi connectivity index (χ1n) is 6.87. The number of aromatic nitrogens is 2.